The van der Waals surface area contributed by atoms with Crippen LogP contribution in [0.15, 0.2) is 77.9 Å². The van der Waals surface area contributed by atoms with Gasteiger partial charge in [0.25, 0.3) is 0 Å². The fraction of sp³-hybridized carbons (Fsp3) is 0.130. The maximum absolute atomic E-state index is 12.0. The molecular weight excluding hydrogens is 372 g/mol. The van der Waals surface area contributed by atoms with E-state index in [0.717, 1.165) is 22.3 Å². The van der Waals surface area contributed by atoms with Gasteiger partial charge in [0.05, 0.1) is 12.6 Å². The van der Waals surface area contributed by atoms with E-state index in [1.54, 1.807) is 6.21 Å². The van der Waals surface area contributed by atoms with Gasteiger partial charge in [-0.15, -0.1) is 0 Å². The molecule has 1 amide bonds. The van der Waals surface area contributed by atoms with Crippen LogP contribution in [0.3, 0.4) is 0 Å². The SMILES string of the molecule is Cc1ccc(CC(=O)N/N=C/c2ccccc2OCc2cccc(Cl)c2)cc1. The van der Waals surface area contributed by atoms with Crippen molar-refractivity contribution >= 4 is 23.7 Å². The summed E-state index contributed by atoms with van der Waals surface area (Å²) >= 11 is 6.00. The lowest BCUT2D eigenvalue weighted by atomic mass is 10.1. The zero-order chi connectivity index (χ0) is 19.8. The number of hydrogen-bond acceptors (Lipinski definition) is 3. The second-order valence-electron chi connectivity index (χ2n) is 6.41. The fourth-order valence-corrected chi connectivity index (χ4v) is 2.82. The van der Waals surface area contributed by atoms with Crippen molar-refractivity contribution in [3.63, 3.8) is 0 Å². The van der Waals surface area contributed by atoms with Crippen LogP contribution in [0.2, 0.25) is 5.02 Å². The minimum Gasteiger partial charge on any atom is -0.488 e. The molecule has 0 spiro atoms. The van der Waals surface area contributed by atoms with E-state index in [4.69, 9.17) is 16.3 Å². The molecule has 5 heteroatoms. The van der Waals surface area contributed by atoms with Crippen LogP contribution < -0.4 is 10.2 Å². The van der Waals surface area contributed by atoms with E-state index >= 15 is 0 Å². The Morgan fingerprint density at radius 3 is 2.61 bits per heavy atom. The second kappa shape index (κ2) is 9.72. The number of halogens is 1. The molecular formula is C23H21ClN2O2. The number of amides is 1. The smallest absolute Gasteiger partial charge is 0.244 e. The summed E-state index contributed by atoms with van der Waals surface area (Å²) in [4.78, 5) is 12.0. The Labute approximate surface area is 169 Å². The number of nitrogens with zero attached hydrogens (tertiary/aromatic N) is 1. The van der Waals surface area contributed by atoms with Crippen molar-refractivity contribution < 1.29 is 9.53 Å². The molecule has 28 heavy (non-hydrogen) atoms. The summed E-state index contributed by atoms with van der Waals surface area (Å²) in [5.41, 5.74) is 6.43. The molecule has 3 rings (SSSR count). The second-order valence-corrected chi connectivity index (χ2v) is 6.85. The molecule has 142 valence electrons. The van der Waals surface area contributed by atoms with Gasteiger partial charge in [-0.2, -0.15) is 5.10 Å². The molecule has 3 aromatic rings. The van der Waals surface area contributed by atoms with Gasteiger partial charge in [0.1, 0.15) is 12.4 Å². The zero-order valence-corrected chi connectivity index (χ0v) is 16.3. The molecule has 0 aromatic heterocycles. The van der Waals surface area contributed by atoms with Crippen molar-refractivity contribution in [3.05, 3.63) is 100 Å². The lowest BCUT2D eigenvalue weighted by molar-refractivity contribution is -0.120. The van der Waals surface area contributed by atoms with E-state index in [9.17, 15) is 4.79 Å². The normalized spacial score (nSPS) is 10.8. The van der Waals surface area contributed by atoms with Gasteiger partial charge in [0.15, 0.2) is 0 Å². The first-order valence-electron chi connectivity index (χ1n) is 8.94. The molecule has 0 saturated carbocycles. The van der Waals surface area contributed by atoms with Crippen molar-refractivity contribution in [1.82, 2.24) is 5.43 Å². The summed E-state index contributed by atoms with van der Waals surface area (Å²) < 4.78 is 5.88. The number of carbonyl (C=O) groups excluding carboxylic acids is 1. The maximum Gasteiger partial charge on any atom is 0.244 e. The lowest BCUT2D eigenvalue weighted by Crippen LogP contribution is -2.19. The number of aryl methyl sites for hydroxylation is 1. The number of nitrogens with one attached hydrogen (secondary N) is 1. The van der Waals surface area contributed by atoms with Crippen molar-refractivity contribution in [1.29, 1.82) is 0 Å². The first-order valence-corrected chi connectivity index (χ1v) is 9.32. The van der Waals surface area contributed by atoms with Gasteiger partial charge in [0, 0.05) is 10.6 Å². The number of ether oxygens (including phenoxy) is 1. The van der Waals surface area contributed by atoms with Crippen LogP contribution in [0.25, 0.3) is 0 Å². The molecule has 1 N–H and O–H groups in total. The molecule has 4 nitrogen and oxygen atoms in total. The Balaban J connectivity index is 1.57. The van der Waals surface area contributed by atoms with Crippen LogP contribution in [0, 0.1) is 6.92 Å². The topological polar surface area (TPSA) is 50.7 Å². The van der Waals surface area contributed by atoms with E-state index in [2.05, 4.69) is 10.5 Å². The third-order valence-corrected chi connectivity index (χ3v) is 4.32. The predicted octanol–water partition coefficient (Wildman–Crippen LogP) is 4.92. The van der Waals surface area contributed by atoms with Gasteiger partial charge in [-0.3, -0.25) is 4.79 Å². The zero-order valence-electron chi connectivity index (χ0n) is 15.6. The van der Waals surface area contributed by atoms with Gasteiger partial charge in [0.2, 0.25) is 5.91 Å². The summed E-state index contributed by atoms with van der Waals surface area (Å²) in [6.07, 6.45) is 1.87. The molecule has 0 radical (unpaired) electrons. The van der Waals surface area contributed by atoms with Gasteiger partial charge in [-0.05, 0) is 42.3 Å². The fourth-order valence-electron chi connectivity index (χ4n) is 2.61. The molecule has 0 bridgehead atoms. The van der Waals surface area contributed by atoms with Crippen LogP contribution in [-0.4, -0.2) is 12.1 Å². The third kappa shape index (κ3) is 5.96. The Bertz CT molecular complexity index is 968. The van der Waals surface area contributed by atoms with Crippen LogP contribution in [0.1, 0.15) is 22.3 Å². The average Bonchev–Trinajstić information content (AvgIpc) is 2.69. The number of carbonyl (C=O) groups is 1. The van der Waals surface area contributed by atoms with E-state index in [-0.39, 0.29) is 12.3 Å². The highest BCUT2D eigenvalue weighted by atomic mass is 35.5. The van der Waals surface area contributed by atoms with Crippen molar-refractivity contribution in [2.24, 2.45) is 5.10 Å². The highest BCUT2D eigenvalue weighted by Gasteiger charge is 2.04. The quantitative estimate of drug-likeness (QED) is 0.458. The van der Waals surface area contributed by atoms with E-state index in [1.807, 2.05) is 79.7 Å². The highest BCUT2D eigenvalue weighted by Crippen LogP contribution is 2.19. The number of rotatable bonds is 7. The van der Waals surface area contributed by atoms with Crippen LogP contribution in [-0.2, 0) is 17.8 Å². The Morgan fingerprint density at radius 2 is 1.82 bits per heavy atom. The summed E-state index contributed by atoms with van der Waals surface area (Å²) in [6, 6.07) is 22.9. The highest BCUT2D eigenvalue weighted by molar-refractivity contribution is 6.30. The largest absolute Gasteiger partial charge is 0.488 e. The Kier molecular flexibility index (Phi) is 6.82. The number of benzene rings is 3. The minimum atomic E-state index is -0.169. The minimum absolute atomic E-state index is 0.169. The van der Waals surface area contributed by atoms with Crippen molar-refractivity contribution in [2.75, 3.05) is 0 Å². The molecule has 3 aromatic carbocycles. The molecule has 0 heterocycles. The standard InChI is InChI=1S/C23H21ClN2O2/c1-17-9-11-18(12-10-17)14-23(27)26-25-15-20-6-2-3-8-22(20)28-16-19-5-4-7-21(24)13-19/h2-13,15H,14,16H2,1H3,(H,26,27)/b25-15+. The van der Waals surface area contributed by atoms with Crippen LogP contribution in [0.4, 0.5) is 0 Å². The number of hydrazone groups is 1. The molecule has 0 aliphatic rings. The summed E-state index contributed by atoms with van der Waals surface area (Å²) in [6.45, 7) is 2.41. The van der Waals surface area contributed by atoms with Gasteiger partial charge >= 0.3 is 0 Å². The van der Waals surface area contributed by atoms with Gasteiger partial charge in [-0.25, -0.2) is 5.43 Å². The molecule has 0 saturated heterocycles. The molecule has 0 aliphatic carbocycles. The van der Waals surface area contributed by atoms with E-state index in [0.29, 0.717) is 17.4 Å². The van der Waals surface area contributed by atoms with Crippen molar-refractivity contribution in [3.8, 4) is 5.75 Å². The summed E-state index contributed by atoms with van der Waals surface area (Å²) in [5, 5.41) is 4.73. The van der Waals surface area contributed by atoms with Gasteiger partial charge in [-0.1, -0.05) is 65.7 Å². The molecule has 0 unspecified atom stereocenters. The molecule has 0 atom stereocenters. The number of hydrogen-bond donors (Lipinski definition) is 1. The Morgan fingerprint density at radius 1 is 1.04 bits per heavy atom. The first-order chi connectivity index (χ1) is 13.6. The number of para-hydroxylation sites is 1. The van der Waals surface area contributed by atoms with Crippen LogP contribution in [0.5, 0.6) is 5.75 Å². The average molecular weight is 393 g/mol. The summed E-state index contributed by atoms with van der Waals surface area (Å²) in [7, 11) is 0. The van der Waals surface area contributed by atoms with E-state index < -0.39 is 0 Å². The predicted molar refractivity (Wildman–Crippen MR) is 113 cm³/mol. The molecule has 0 fully saturated rings. The Hall–Kier alpha value is -3.11. The first kappa shape index (κ1) is 19.6. The van der Waals surface area contributed by atoms with Gasteiger partial charge < -0.3 is 4.74 Å². The monoisotopic (exact) mass is 392 g/mol. The maximum atomic E-state index is 12.0. The molecule has 0 aliphatic heterocycles. The van der Waals surface area contributed by atoms with Crippen molar-refractivity contribution in [2.45, 2.75) is 20.0 Å². The van der Waals surface area contributed by atoms with E-state index in [1.165, 1.54) is 0 Å². The van der Waals surface area contributed by atoms with Crippen LogP contribution >= 0.6 is 11.6 Å². The summed E-state index contributed by atoms with van der Waals surface area (Å²) in [5.74, 6) is 0.511. The lowest BCUT2D eigenvalue weighted by Gasteiger charge is -2.09. The third-order valence-electron chi connectivity index (χ3n) is 4.08.